The number of hydrogen-bond acceptors (Lipinski definition) is 10. The molecule has 1 heterocycles. The number of nitrogens with one attached hydrogen (secondary N) is 1. The molecule has 8 N–H and O–H groups in total. The van der Waals surface area contributed by atoms with E-state index >= 15 is 0 Å². The first-order chi connectivity index (χ1) is 30.2. The Morgan fingerprint density at radius 3 is 1.39 bits per heavy atom. The van der Waals surface area contributed by atoms with E-state index in [4.69, 9.17) is 9.47 Å². The van der Waals surface area contributed by atoms with Crippen LogP contribution in [0.4, 0.5) is 0 Å². The van der Waals surface area contributed by atoms with Gasteiger partial charge in [0.25, 0.3) is 0 Å². The first-order valence-electron chi connectivity index (χ1n) is 26.1. The summed E-state index contributed by atoms with van der Waals surface area (Å²) in [7, 11) is 0. The molecule has 0 aromatic carbocycles. The lowest BCUT2D eigenvalue weighted by Crippen LogP contribution is -2.60. The Kier molecular flexibility index (Phi) is 39.2. The van der Waals surface area contributed by atoms with Crippen LogP contribution in [-0.4, -0.2) is 110 Å². The topological polar surface area (TPSA) is 189 Å². The zero-order valence-corrected chi connectivity index (χ0v) is 39.9. The molecule has 1 aliphatic heterocycles. The summed E-state index contributed by atoms with van der Waals surface area (Å²) in [5.41, 5.74) is 0. The molecule has 0 aromatic rings. The molecule has 0 radical (unpaired) electrons. The molecule has 9 unspecified atom stereocenters. The van der Waals surface area contributed by atoms with Crippen molar-refractivity contribution in [1.82, 2.24) is 5.32 Å². The minimum Gasteiger partial charge on any atom is -0.394 e. The first-order valence-corrected chi connectivity index (χ1v) is 26.1. The molecule has 1 aliphatic rings. The van der Waals surface area contributed by atoms with Crippen molar-refractivity contribution in [1.29, 1.82) is 0 Å². The third-order valence-corrected chi connectivity index (χ3v) is 12.8. The first kappa shape index (κ1) is 58.9. The summed E-state index contributed by atoms with van der Waals surface area (Å²) in [5.74, 6) is -0.703. The number of aliphatic hydroxyl groups is 7. The number of rotatable bonds is 44. The molecular formula is C51H99NO10. The summed E-state index contributed by atoms with van der Waals surface area (Å²) >= 11 is 0. The van der Waals surface area contributed by atoms with Gasteiger partial charge in [-0.15, -0.1) is 0 Å². The van der Waals surface area contributed by atoms with Crippen LogP contribution in [0.15, 0.2) is 12.2 Å². The Morgan fingerprint density at radius 1 is 0.548 bits per heavy atom. The highest BCUT2D eigenvalue weighted by atomic mass is 16.7. The molecule has 62 heavy (non-hydrogen) atoms. The van der Waals surface area contributed by atoms with Crippen molar-refractivity contribution >= 4 is 5.91 Å². The van der Waals surface area contributed by atoms with Crippen molar-refractivity contribution in [2.75, 3.05) is 13.2 Å². The van der Waals surface area contributed by atoms with E-state index in [-0.39, 0.29) is 12.8 Å². The SMILES string of the molecule is CCCCCCCCCCCCCCCC/C=C/CCCC(O)C(O)C(COC1OC(CO)C(O)C(O)C1O)NC(=O)C(O)CCCCCCCCCCCCCCCCCC. The third kappa shape index (κ3) is 30.1. The van der Waals surface area contributed by atoms with Crippen LogP contribution < -0.4 is 5.32 Å². The van der Waals surface area contributed by atoms with Crippen LogP contribution in [0.25, 0.3) is 0 Å². The lowest BCUT2D eigenvalue weighted by molar-refractivity contribution is -0.303. The van der Waals surface area contributed by atoms with E-state index in [0.717, 1.165) is 38.5 Å². The van der Waals surface area contributed by atoms with Crippen LogP contribution in [0.1, 0.15) is 239 Å². The normalized spacial score (nSPS) is 21.3. The van der Waals surface area contributed by atoms with Gasteiger partial charge in [-0.05, 0) is 38.5 Å². The molecule has 0 spiro atoms. The van der Waals surface area contributed by atoms with Gasteiger partial charge in [0, 0.05) is 0 Å². The van der Waals surface area contributed by atoms with E-state index in [1.54, 1.807) is 0 Å². The fourth-order valence-electron chi connectivity index (χ4n) is 8.50. The van der Waals surface area contributed by atoms with Gasteiger partial charge in [-0.3, -0.25) is 4.79 Å². The fraction of sp³-hybridized carbons (Fsp3) is 0.941. The standard InChI is InChI=1S/C51H99NO10/c1-3-5-7-9-11-13-15-17-19-21-22-23-25-26-28-30-32-34-36-38-43(54)46(56)42(41-61-51-49(59)48(58)47(57)45(40-53)62-51)52-50(60)44(55)39-37-35-33-31-29-27-24-20-18-16-14-12-10-8-6-4-2/h30,32,42-49,51,53-59H,3-29,31,33-41H2,1-2H3,(H,52,60)/b32-30+. The quantitative estimate of drug-likeness (QED) is 0.0216. The summed E-state index contributed by atoms with van der Waals surface area (Å²) in [6.45, 7) is 3.45. The van der Waals surface area contributed by atoms with Crippen molar-refractivity contribution in [2.45, 2.75) is 294 Å². The minimum absolute atomic E-state index is 0.259. The number of hydrogen-bond donors (Lipinski definition) is 8. The van der Waals surface area contributed by atoms with Gasteiger partial charge in [-0.2, -0.15) is 0 Å². The molecule has 1 saturated heterocycles. The molecule has 0 aliphatic carbocycles. The molecule has 0 bridgehead atoms. The summed E-state index contributed by atoms with van der Waals surface area (Å²) in [6, 6.07) is -1.18. The molecule has 1 amide bonds. The second-order valence-electron chi connectivity index (χ2n) is 18.6. The lowest BCUT2D eigenvalue weighted by atomic mass is 9.98. The van der Waals surface area contributed by atoms with Gasteiger partial charge in [0.2, 0.25) is 5.91 Å². The maximum Gasteiger partial charge on any atom is 0.249 e. The van der Waals surface area contributed by atoms with Crippen LogP contribution in [-0.2, 0) is 14.3 Å². The molecule has 11 heteroatoms. The number of carbonyl (C=O) groups excluding carboxylic acids is 1. The van der Waals surface area contributed by atoms with Gasteiger partial charge in [0.1, 0.15) is 36.6 Å². The number of aliphatic hydroxyl groups excluding tert-OH is 7. The van der Waals surface area contributed by atoms with Gasteiger partial charge >= 0.3 is 0 Å². The Hall–Kier alpha value is -1.15. The van der Waals surface area contributed by atoms with Crippen molar-refractivity contribution in [2.24, 2.45) is 0 Å². The summed E-state index contributed by atoms with van der Waals surface area (Å²) in [6.07, 6.45) is 34.0. The number of amides is 1. The van der Waals surface area contributed by atoms with E-state index in [0.29, 0.717) is 12.8 Å². The highest BCUT2D eigenvalue weighted by molar-refractivity contribution is 5.80. The lowest BCUT2D eigenvalue weighted by Gasteiger charge is -2.40. The zero-order valence-electron chi connectivity index (χ0n) is 39.9. The van der Waals surface area contributed by atoms with Crippen LogP contribution in [0, 0.1) is 0 Å². The number of unbranched alkanes of at least 4 members (excludes halogenated alkanes) is 30. The van der Waals surface area contributed by atoms with Crippen LogP contribution in [0.3, 0.4) is 0 Å². The highest BCUT2D eigenvalue weighted by Crippen LogP contribution is 2.23. The fourth-order valence-corrected chi connectivity index (χ4v) is 8.50. The van der Waals surface area contributed by atoms with Gasteiger partial charge in [-0.25, -0.2) is 0 Å². The molecule has 1 fully saturated rings. The van der Waals surface area contributed by atoms with Crippen LogP contribution >= 0.6 is 0 Å². The van der Waals surface area contributed by atoms with E-state index in [2.05, 4.69) is 31.3 Å². The largest absolute Gasteiger partial charge is 0.394 e. The zero-order chi connectivity index (χ0) is 45.5. The average molecular weight is 886 g/mol. The monoisotopic (exact) mass is 886 g/mol. The third-order valence-electron chi connectivity index (χ3n) is 12.8. The second-order valence-corrected chi connectivity index (χ2v) is 18.6. The predicted octanol–water partition coefficient (Wildman–Crippen LogP) is 9.62. The van der Waals surface area contributed by atoms with E-state index in [1.807, 2.05) is 0 Å². The Bertz CT molecular complexity index is 1020. The molecule has 1 rings (SSSR count). The van der Waals surface area contributed by atoms with Crippen molar-refractivity contribution in [3.63, 3.8) is 0 Å². The molecule has 368 valence electrons. The Labute approximate surface area is 379 Å². The Balaban J connectivity index is 2.40. The average Bonchev–Trinajstić information content (AvgIpc) is 3.27. The van der Waals surface area contributed by atoms with Gasteiger partial charge in [0.15, 0.2) is 6.29 Å². The molecule has 9 atom stereocenters. The van der Waals surface area contributed by atoms with Crippen LogP contribution in [0.2, 0.25) is 0 Å². The van der Waals surface area contributed by atoms with E-state index in [1.165, 1.54) is 161 Å². The molecule has 0 saturated carbocycles. The summed E-state index contributed by atoms with van der Waals surface area (Å²) in [5, 5.41) is 75.9. The van der Waals surface area contributed by atoms with Gasteiger partial charge < -0.3 is 50.5 Å². The molecule has 11 nitrogen and oxygen atoms in total. The van der Waals surface area contributed by atoms with Crippen molar-refractivity contribution in [3.05, 3.63) is 12.2 Å². The summed E-state index contributed by atoms with van der Waals surface area (Å²) < 4.78 is 11.1. The number of allylic oxidation sites excluding steroid dienone is 2. The van der Waals surface area contributed by atoms with Crippen molar-refractivity contribution in [3.8, 4) is 0 Å². The maximum absolute atomic E-state index is 13.1. The molecular weight excluding hydrogens is 787 g/mol. The predicted molar refractivity (Wildman–Crippen MR) is 252 cm³/mol. The summed E-state index contributed by atoms with van der Waals surface area (Å²) in [4.78, 5) is 13.1. The number of ether oxygens (including phenoxy) is 2. The van der Waals surface area contributed by atoms with Crippen molar-refractivity contribution < 1.29 is 50.0 Å². The second kappa shape index (κ2) is 41.3. The highest BCUT2D eigenvalue weighted by Gasteiger charge is 2.44. The Morgan fingerprint density at radius 2 is 0.952 bits per heavy atom. The van der Waals surface area contributed by atoms with Gasteiger partial charge in [-0.1, -0.05) is 212 Å². The molecule has 0 aromatic heterocycles. The smallest absolute Gasteiger partial charge is 0.249 e. The van der Waals surface area contributed by atoms with Gasteiger partial charge in [0.05, 0.1) is 25.4 Å². The number of carbonyl (C=O) groups is 1. The van der Waals surface area contributed by atoms with E-state index in [9.17, 15) is 40.5 Å². The van der Waals surface area contributed by atoms with E-state index < -0.39 is 74.2 Å². The van der Waals surface area contributed by atoms with Crippen LogP contribution in [0.5, 0.6) is 0 Å². The maximum atomic E-state index is 13.1. The minimum atomic E-state index is -1.66.